The summed E-state index contributed by atoms with van der Waals surface area (Å²) in [5.74, 6) is -1.39. The summed E-state index contributed by atoms with van der Waals surface area (Å²) in [4.78, 5) is 17.5. The molecule has 0 saturated carbocycles. The molecule has 3 N–H and O–H groups in total. The van der Waals surface area contributed by atoms with E-state index in [2.05, 4.69) is 15.3 Å². The van der Waals surface area contributed by atoms with Gasteiger partial charge in [0.15, 0.2) is 0 Å². The van der Waals surface area contributed by atoms with Crippen LogP contribution >= 0.6 is 0 Å². The molecule has 4 aromatic rings. The van der Waals surface area contributed by atoms with Crippen molar-refractivity contribution in [3.63, 3.8) is 0 Å². The van der Waals surface area contributed by atoms with Crippen molar-refractivity contribution < 1.29 is 18.3 Å². The van der Waals surface area contributed by atoms with Gasteiger partial charge >= 0.3 is 5.97 Å². The standard InChI is InChI=1S/C19H15F2N3O2/c1-2-26-19(25)16-9-11-15(6-4-13(21)18(11)24-16)23-14-5-3-12(20)17-10(14)7-8-22-17/h3-9,22-24H,2H2,1H3. The second-order valence-electron chi connectivity index (χ2n) is 5.77. The molecule has 0 saturated heterocycles. The number of ether oxygens (including phenoxy) is 1. The third-order valence-corrected chi connectivity index (χ3v) is 4.18. The molecular weight excluding hydrogens is 340 g/mol. The number of carbonyl (C=O) groups is 1. The van der Waals surface area contributed by atoms with E-state index in [0.29, 0.717) is 27.7 Å². The van der Waals surface area contributed by atoms with Crippen LogP contribution in [0.15, 0.2) is 42.6 Å². The molecule has 132 valence electrons. The number of carbonyl (C=O) groups excluding carboxylic acids is 1. The molecule has 2 heterocycles. The number of H-pyrrole nitrogens is 2. The van der Waals surface area contributed by atoms with Crippen molar-refractivity contribution in [2.45, 2.75) is 6.92 Å². The zero-order chi connectivity index (χ0) is 18.3. The van der Waals surface area contributed by atoms with Gasteiger partial charge < -0.3 is 20.0 Å². The number of nitrogens with one attached hydrogen (secondary N) is 3. The molecule has 0 bridgehead atoms. The molecule has 4 rings (SSSR count). The first-order valence-corrected chi connectivity index (χ1v) is 8.09. The lowest BCUT2D eigenvalue weighted by Gasteiger charge is -2.10. The quantitative estimate of drug-likeness (QED) is 0.459. The van der Waals surface area contributed by atoms with Gasteiger partial charge in [-0.2, -0.15) is 0 Å². The number of hydrogen-bond acceptors (Lipinski definition) is 3. The molecular formula is C19H15F2N3O2. The maximum absolute atomic E-state index is 14.2. The summed E-state index contributed by atoms with van der Waals surface area (Å²) >= 11 is 0. The van der Waals surface area contributed by atoms with Gasteiger partial charge in [-0.05, 0) is 43.3 Å². The Hall–Kier alpha value is -3.35. The first-order valence-electron chi connectivity index (χ1n) is 8.09. The monoisotopic (exact) mass is 355 g/mol. The number of benzene rings is 2. The van der Waals surface area contributed by atoms with Crippen LogP contribution in [0.2, 0.25) is 0 Å². The van der Waals surface area contributed by atoms with Gasteiger partial charge in [0.1, 0.15) is 17.3 Å². The van der Waals surface area contributed by atoms with Crippen molar-refractivity contribution in [1.82, 2.24) is 9.97 Å². The molecule has 0 spiro atoms. The van der Waals surface area contributed by atoms with E-state index in [0.717, 1.165) is 0 Å². The number of halogens is 2. The molecule has 2 aromatic heterocycles. The largest absolute Gasteiger partial charge is 0.461 e. The topological polar surface area (TPSA) is 69.9 Å². The molecule has 0 unspecified atom stereocenters. The summed E-state index contributed by atoms with van der Waals surface area (Å²) in [6, 6.07) is 9.12. The summed E-state index contributed by atoms with van der Waals surface area (Å²) in [6.07, 6.45) is 1.65. The van der Waals surface area contributed by atoms with Crippen LogP contribution in [-0.2, 0) is 4.74 Å². The van der Waals surface area contributed by atoms with Crippen LogP contribution in [0.5, 0.6) is 0 Å². The Morgan fingerprint density at radius 3 is 2.46 bits per heavy atom. The fraction of sp³-hybridized carbons (Fsp3) is 0.105. The Morgan fingerprint density at radius 2 is 1.73 bits per heavy atom. The Bertz CT molecular complexity index is 1130. The fourth-order valence-corrected chi connectivity index (χ4v) is 2.99. The van der Waals surface area contributed by atoms with Crippen LogP contribution < -0.4 is 5.32 Å². The highest BCUT2D eigenvalue weighted by Gasteiger charge is 2.16. The van der Waals surface area contributed by atoms with Gasteiger partial charge in [-0.1, -0.05) is 0 Å². The second-order valence-corrected chi connectivity index (χ2v) is 5.77. The van der Waals surface area contributed by atoms with Crippen molar-refractivity contribution in [1.29, 1.82) is 0 Å². The van der Waals surface area contributed by atoms with Crippen molar-refractivity contribution in [3.05, 3.63) is 59.9 Å². The summed E-state index contributed by atoms with van der Waals surface area (Å²) < 4.78 is 33.0. The highest BCUT2D eigenvalue weighted by Crippen LogP contribution is 2.32. The highest BCUT2D eigenvalue weighted by atomic mass is 19.1. The van der Waals surface area contributed by atoms with E-state index in [4.69, 9.17) is 4.74 Å². The number of aromatic nitrogens is 2. The van der Waals surface area contributed by atoms with Crippen LogP contribution in [-0.4, -0.2) is 22.5 Å². The lowest BCUT2D eigenvalue weighted by Crippen LogP contribution is -2.04. The number of esters is 1. The smallest absolute Gasteiger partial charge is 0.354 e. The highest BCUT2D eigenvalue weighted by molar-refractivity contribution is 6.03. The summed E-state index contributed by atoms with van der Waals surface area (Å²) in [6.45, 7) is 1.92. The van der Waals surface area contributed by atoms with Gasteiger partial charge in [0.05, 0.1) is 17.6 Å². The molecule has 0 amide bonds. The van der Waals surface area contributed by atoms with Crippen LogP contribution in [0.1, 0.15) is 17.4 Å². The molecule has 0 atom stereocenters. The first-order chi connectivity index (χ1) is 12.6. The maximum Gasteiger partial charge on any atom is 0.354 e. The van der Waals surface area contributed by atoms with Crippen molar-refractivity contribution in [2.75, 3.05) is 11.9 Å². The average Bonchev–Trinajstić information content (AvgIpc) is 3.28. The Morgan fingerprint density at radius 1 is 1.04 bits per heavy atom. The van der Waals surface area contributed by atoms with E-state index in [-0.39, 0.29) is 23.6 Å². The van der Waals surface area contributed by atoms with E-state index in [1.807, 2.05) is 0 Å². The average molecular weight is 355 g/mol. The van der Waals surface area contributed by atoms with Crippen LogP contribution in [0.25, 0.3) is 21.8 Å². The molecule has 26 heavy (non-hydrogen) atoms. The molecule has 0 aliphatic rings. The molecule has 0 aliphatic heterocycles. The maximum atomic E-state index is 14.2. The van der Waals surface area contributed by atoms with Crippen LogP contribution in [0.3, 0.4) is 0 Å². The number of anilines is 2. The van der Waals surface area contributed by atoms with Gasteiger partial charge in [0.2, 0.25) is 0 Å². The van der Waals surface area contributed by atoms with E-state index in [9.17, 15) is 13.6 Å². The van der Waals surface area contributed by atoms with E-state index >= 15 is 0 Å². The predicted molar refractivity (Wildman–Crippen MR) is 95.8 cm³/mol. The molecule has 0 aliphatic carbocycles. The third kappa shape index (κ3) is 2.57. The molecule has 0 radical (unpaired) electrons. The second kappa shape index (κ2) is 6.18. The van der Waals surface area contributed by atoms with Crippen molar-refractivity contribution in [2.24, 2.45) is 0 Å². The zero-order valence-corrected chi connectivity index (χ0v) is 13.8. The lowest BCUT2D eigenvalue weighted by atomic mass is 10.1. The first kappa shape index (κ1) is 16.1. The van der Waals surface area contributed by atoms with E-state index < -0.39 is 11.8 Å². The van der Waals surface area contributed by atoms with Gasteiger partial charge in [-0.25, -0.2) is 13.6 Å². The summed E-state index contributed by atoms with van der Waals surface area (Å²) in [7, 11) is 0. The molecule has 5 nitrogen and oxygen atoms in total. The minimum absolute atomic E-state index is 0.167. The molecule has 2 aromatic carbocycles. The van der Waals surface area contributed by atoms with Crippen molar-refractivity contribution >= 4 is 39.1 Å². The van der Waals surface area contributed by atoms with Crippen molar-refractivity contribution in [3.8, 4) is 0 Å². The van der Waals surface area contributed by atoms with Crippen LogP contribution in [0.4, 0.5) is 20.2 Å². The molecule has 7 heteroatoms. The Balaban J connectivity index is 1.81. The van der Waals surface area contributed by atoms with Gasteiger partial charge in [0.25, 0.3) is 0 Å². The van der Waals surface area contributed by atoms with Crippen LogP contribution in [0, 0.1) is 11.6 Å². The predicted octanol–water partition coefficient (Wildman–Crippen LogP) is 4.85. The number of rotatable bonds is 4. The minimum atomic E-state index is -0.552. The Kier molecular flexibility index (Phi) is 3.84. The molecule has 0 fully saturated rings. The fourth-order valence-electron chi connectivity index (χ4n) is 2.99. The zero-order valence-electron chi connectivity index (χ0n) is 13.8. The van der Waals surface area contributed by atoms with Gasteiger partial charge in [-0.15, -0.1) is 0 Å². The van der Waals surface area contributed by atoms with E-state index in [1.165, 1.54) is 18.2 Å². The SMILES string of the molecule is CCOC(=O)c1cc2c(Nc3ccc(F)c4[nH]ccc34)ccc(F)c2[nH]1. The number of hydrogen-bond donors (Lipinski definition) is 3. The number of fused-ring (bicyclic) bond motifs is 2. The summed E-state index contributed by atoms with van der Waals surface area (Å²) in [5.41, 5.74) is 2.00. The normalized spacial score (nSPS) is 11.2. The number of aromatic amines is 2. The van der Waals surface area contributed by atoms with Gasteiger partial charge in [0, 0.05) is 28.3 Å². The third-order valence-electron chi connectivity index (χ3n) is 4.18. The van der Waals surface area contributed by atoms with E-state index in [1.54, 1.807) is 31.3 Å². The summed E-state index contributed by atoms with van der Waals surface area (Å²) in [5, 5.41) is 4.36. The Labute approximate surface area is 147 Å². The minimum Gasteiger partial charge on any atom is -0.461 e. The lowest BCUT2D eigenvalue weighted by molar-refractivity contribution is 0.0520. The van der Waals surface area contributed by atoms with Gasteiger partial charge in [-0.3, -0.25) is 0 Å².